The molecule has 1 aliphatic carbocycles. The zero-order valence-corrected chi connectivity index (χ0v) is 10.9. The van der Waals surface area contributed by atoms with Gasteiger partial charge in [0.25, 0.3) is 0 Å². The number of carbonyl (C=O) groups is 1. The zero-order chi connectivity index (χ0) is 11.9. The molecule has 2 heterocycles. The fourth-order valence-corrected chi connectivity index (χ4v) is 3.91. The maximum atomic E-state index is 12.8. The zero-order valence-electron chi connectivity index (χ0n) is 10.9. The molecule has 2 bridgehead atoms. The van der Waals surface area contributed by atoms with E-state index in [0.29, 0.717) is 18.0 Å². The van der Waals surface area contributed by atoms with E-state index >= 15 is 0 Å². The SMILES string of the molecule is CCC1(C(=O)N2C3CCNCC2CC3)CCC1. The highest BCUT2D eigenvalue weighted by Gasteiger charge is 2.49. The summed E-state index contributed by atoms with van der Waals surface area (Å²) in [5, 5.41) is 3.48. The molecule has 0 radical (unpaired) electrons. The number of fused-ring (bicyclic) bond motifs is 2. The summed E-state index contributed by atoms with van der Waals surface area (Å²) in [5.74, 6) is 0.488. The predicted molar refractivity (Wildman–Crippen MR) is 67.7 cm³/mol. The van der Waals surface area contributed by atoms with Crippen molar-refractivity contribution < 1.29 is 4.79 Å². The Balaban J connectivity index is 1.80. The average Bonchev–Trinajstić information content (AvgIpc) is 2.51. The lowest BCUT2D eigenvalue weighted by atomic mass is 9.66. The minimum absolute atomic E-state index is 0.0329. The van der Waals surface area contributed by atoms with Gasteiger partial charge >= 0.3 is 0 Å². The van der Waals surface area contributed by atoms with E-state index in [-0.39, 0.29) is 5.41 Å². The molecule has 1 saturated carbocycles. The number of carbonyl (C=O) groups excluding carboxylic acids is 1. The molecule has 1 amide bonds. The van der Waals surface area contributed by atoms with Gasteiger partial charge in [-0.15, -0.1) is 0 Å². The van der Waals surface area contributed by atoms with Crippen LogP contribution in [0.2, 0.25) is 0 Å². The van der Waals surface area contributed by atoms with E-state index < -0.39 is 0 Å². The van der Waals surface area contributed by atoms with Crippen LogP contribution in [0.4, 0.5) is 0 Å². The van der Waals surface area contributed by atoms with E-state index in [4.69, 9.17) is 0 Å². The molecule has 2 unspecified atom stereocenters. The van der Waals surface area contributed by atoms with Crippen molar-refractivity contribution in [3.63, 3.8) is 0 Å². The molecule has 2 atom stereocenters. The monoisotopic (exact) mass is 236 g/mol. The number of nitrogens with zero attached hydrogens (tertiary/aromatic N) is 1. The fourth-order valence-electron chi connectivity index (χ4n) is 3.91. The molecule has 96 valence electrons. The second-order valence-corrected chi connectivity index (χ2v) is 6.08. The van der Waals surface area contributed by atoms with Crippen molar-refractivity contribution in [1.82, 2.24) is 10.2 Å². The molecule has 0 aromatic rings. The topological polar surface area (TPSA) is 32.3 Å². The molecule has 2 aliphatic heterocycles. The van der Waals surface area contributed by atoms with Gasteiger partial charge in [-0.05, 0) is 45.1 Å². The van der Waals surface area contributed by atoms with Gasteiger partial charge in [-0.2, -0.15) is 0 Å². The molecule has 2 saturated heterocycles. The molecule has 3 fully saturated rings. The lowest BCUT2D eigenvalue weighted by Crippen LogP contribution is -2.52. The Labute approximate surface area is 104 Å². The number of hydrogen-bond acceptors (Lipinski definition) is 2. The van der Waals surface area contributed by atoms with Crippen molar-refractivity contribution in [2.75, 3.05) is 13.1 Å². The van der Waals surface area contributed by atoms with Crippen LogP contribution in [0.15, 0.2) is 0 Å². The lowest BCUT2D eigenvalue weighted by molar-refractivity contribution is -0.150. The minimum atomic E-state index is 0.0329. The van der Waals surface area contributed by atoms with Crippen molar-refractivity contribution in [2.24, 2.45) is 5.41 Å². The summed E-state index contributed by atoms with van der Waals surface area (Å²) < 4.78 is 0. The van der Waals surface area contributed by atoms with Crippen LogP contribution < -0.4 is 5.32 Å². The largest absolute Gasteiger partial charge is 0.335 e. The molecular weight excluding hydrogens is 212 g/mol. The molecule has 3 rings (SSSR count). The highest BCUT2D eigenvalue weighted by molar-refractivity contribution is 5.84. The van der Waals surface area contributed by atoms with Gasteiger partial charge in [0, 0.05) is 24.0 Å². The van der Waals surface area contributed by atoms with Gasteiger partial charge in [0.05, 0.1) is 0 Å². The molecule has 0 spiro atoms. The summed E-state index contributed by atoms with van der Waals surface area (Å²) in [5.41, 5.74) is 0.0329. The molecule has 1 N–H and O–H groups in total. The van der Waals surface area contributed by atoms with Crippen molar-refractivity contribution in [1.29, 1.82) is 0 Å². The Kier molecular flexibility index (Phi) is 2.89. The first-order chi connectivity index (χ1) is 8.27. The van der Waals surface area contributed by atoms with Gasteiger partial charge in [0.15, 0.2) is 0 Å². The van der Waals surface area contributed by atoms with Crippen LogP contribution in [0, 0.1) is 5.41 Å². The summed E-state index contributed by atoms with van der Waals surface area (Å²) in [4.78, 5) is 15.1. The van der Waals surface area contributed by atoms with Gasteiger partial charge < -0.3 is 10.2 Å². The molecule has 3 heteroatoms. The Hall–Kier alpha value is -0.570. The van der Waals surface area contributed by atoms with E-state index in [1.54, 1.807) is 0 Å². The third-order valence-corrected chi connectivity index (χ3v) is 5.33. The molecule has 17 heavy (non-hydrogen) atoms. The summed E-state index contributed by atoms with van der Waals surface area (Å²) in [6, 6.07) is 1.02. The summed E-state index contributed by atoms with van der Waals surface area (Å²) in [6.45, 7) is 4.29. The predicted octanol–water partition coefficient (Wildman–Crippen LogP) is 1.92. The summed E-state index contributed by atoms with van der Waals surface area (Å²) >= 11 is 0. The maximum Gasteiger partial charge on any atom is 0.229 e. The van der Waals surface area contributed by atoms with Gasteiger partial charge in [-0.3, -0.25) is 4.79 Å². The summed E-state index contributed by atoms with van der Waals surface area (Å²) in [6.07, 6.45) is 8.15. The quantitative estimate of drug-likeness (QED) is 0.794. The molecular formula is C14H24N2O. The molecule has 3 aliphatic rings. The van der Waals surface area contributed by atoms with Gasteiger partial charge in [0.1, 0.15) is 0 Å². The smallest absolute Gasteiger partial charge is 0.229 e. The third-order valence-electron chi connectivity index (χ3n) is 5.33. The van der Waals surface area contributed by atoms with Crippen LogP contribution in [0.3, 0.4) is 0 Å². The van der Waals surface area contributed by atoms with Crippen molar-refractivity contribution in [3.8, 4) is 0 Å². The number of rotatable bonds is 2. The first-order valence-electron chi connectivity index (χ1n) is 7.30. The van der Waals surface area contributed by atoms with Crippen LogP contribution in [0.5, 0.6) is 0 Å². The Morgan fingerprint density at radius 3 is 2.71 bits per heavy atom. The third kappa shape index (κ3) is 1.70. The number of amides is 1. The maximum absolute atomic E-state index is 12.8. The van der Waals surface area contributed by atoms with Crippen LogP contribution in [-0.2, 0) is 4.79 Å². The van der Waals surface area contributed by atoms with Gasteiger partial charge in [0.2, 0.25) is 5.91 Å². The van der Waals surface area contributed by atoms with Gasteiger partial charge in [-0.25, -0.2) is 0 Å². The lowest BCUT2D eigenvalue weighted by Gasteiger charge is -2.44. The van der Waals surface area contributed by atoms with E-state index in [1.165, 1.54) is 19.3 Å². The van der Waals surface area contributed by atoms with E-state index in [2.05, 4.69) is 17.1 Å². The highest BCUT2D eigenvalue weighted by Crippen LogP contribution is 2.47. The van der Waals surface area contributed by atoms with E-state index in [9.17, 15) is 4.79 Å². The van der Waals surface area contributed by atoms with Crippen molar-refractivity contribution in [3.05, 3.63) is 0 Å². The van der Waals surface area contributed by atoms with Crippen LogP contribution in [0.1, 0.15) is 51.9 Å². The normalized spacial score (nSPS) is 35.2. The van der Waals surface area contributed by atoms with E-state index in [1.807, 2.05) is 0 Å². The average molecular weight is 236 g/mol. The molecule has 3 nitrogen and oxygen atoms in total. The molecule has 0 aromatic heterocycles. The first-order valence-corrected chi connectivity index (χ1v) is 7.30. The molecule has 0 aromatic carbocycles. The minimum Gasteiger partial charge on any atom is -0.335 e. The van der Waals surface area contributed by atoms with Gasteiger partial charge in [-0.1, -0.05) is 13.3 Å². The second-order valence-electron chi connectivity index (χ2n) is 6.08. The van der Waals surface area contributed by atoms with E-state index in [0.717, 1.165) is 38.8 Å². The van der Waals surface area contributed by atoms with Crippen molar-refractivity contribution in [2.45, 2.75) is 64.0 Å². The Bertz CT molecular complexity index is 292. The van der Waals surface area contributed by atoms with Crippen molar-refractivity contribution >= 4 is 5.91 Å². The highest BCUT2D eigenvalue weighted by atomic mass is 16.2. The number of nitrogens with one attached hydrogen (secondary N) is 1. The number of hydrogen-bond donors (Lipinski definition) is 1. The van der Waals surface area contributed by atoms with Crippen LogP contribution in [-0.4, -0.2) is 36.0 Å². The summed E-state index contributed by atoms with van der Waals surface area (Å²) in [7, 11) is 0. The Morgan fingerprint density at radius 1 is 1.29 bits per heavy atom. The Morgan fingerprint density at radius 2 is 2.06 bits per heavy atom. The first kappa shape index (κ1) is 11.5. The van der Waals surface area contributed by atoms with Crippen LogP contribution in [0.25, 0.3) is 0 Å². The van der Waals surface area contributed by atoms with Crippen LogP contribution >= 0.6 is 0 Å². The second kappa shape index (κ2) is 4.27. The fraction of sp³-hybridized carbons (Fsp3) is 0.929. The standard InChI is InChI=1S/C14H24N2O/c1-2-14(7-3-8-14)13(17)16-11-4-5-12(16)10-15-9-6-11/h11-12,15H,2-10H2,1H3.